The Morgan fingerprint density at radius 2 is 2.20 bits per heavy atom. The summed E-state index contributed by atoms with van der Waals surface area (Å²) in [6.45, 7) is 4.91. The minimum absolute atomic E-state index is 0.192. The molecular weight excluding hydrogens is 188 g/mol. The van der Waals surface area contributed by atoms with Crippen molar-refractivity contribution >= 4 is 5.69 Å². The van der Waals surface area contributed by atoms with E-state index in [1.54, 1.807) is 0 Å². The highest BCUT2D eigenvalue weighted by Gasteiger charge is 2.24. The van der Waals surface area contributed by atoms with Crippen LogP contribution in [0.3, 0.4) is 0 Å². The van der Waals surface area contributed by atoms with Gasteiger partial charge in [-0.3, -0.25) is 4.98 Å². The molecule has 1 saturated heterocycles. The maximum absolute atomic E-state index is 9.65. The summed E-state index contributed by atoms with van der Waals surface area (Å²) in [7, 11) is 0. The number of aliphatic hydroxyl groups is 1. The highest BCUT2D eigenvalue weighted by Crippen LogP contribution is 2.23. The summed E-state index contributed by atoms with van der Waals surface area (Å²) in [5.74, 6) is 0. The third-order valence-corrected chi connectivity index (χ3v) is 3.08. The van der Waals surface area contributed by atoms with Gasteiger partial charge in [0.15, 0.2) is 0 Å². The first-order valence-electron chi connectivity index (χ1n) is 5.54. The van der Waals surface area contributed by atoms with Crippen molar-refractivity contribution in [1.82, 2.24) is 4.98 Å². The van der Waals surface area contributed by atoms with Crippen LogP contribution in [0.25, 0.3) is 0 Å². The van der Waals surface area contributed by atoms with E-state index in [9.17, 15) is 5.11 Å². The fourth-order valence-electron chi connectivity index (χ4n) is 2.08. The van der Waals surface area contributed by atoms with Crippen molar-refractivity contribution in [3.63, 3.8) is 0 Å². The number of hydrogen-bond donors (Lipinski definition) is 1. The van der Waals surface area contributed by atoms with Crippen molar-refractivity contribution in [1.29, 1.82) is 0 Å². The lowest BCUT2D eigenvalue weighted by Gasteiger charge is -2.37. The largest absolute Gasteiger partial charge is 0.391 e. The van der Waals surface area contributed by atoms with E-state index in [0.29, 0.717) is 6.04 Å². The highest BCUT2D eigenvalue weighted by molar-refractivity contribution is 5.46. The number of β-amino-alcohol motifs (C(OH)–C–C–N with tert-alkyl or cyclic N) is 1. The molecule has 2 unspecified atom stereocenters. The summed E-state index contributed by atoms with van der Waals surface area (Å²) >= 11 is 0. The molecule has 0 radical (unpaired) electrons. The Labute approximate surface area is 90.8 Å². The van der Waals surface area contributed by atoms with Gasteiger partial charge in [-0.05, 0) is 38.8 Å². The van der Waals surface area contributed by atoms with Crippen LogP contribution in [0.1, 0.15) is 25.5 Å². The molecule has 1 aliphatic heterocycles. The van der Waals surface area contributed by atoms with Crippen molar-refractivity contribution in [2.45, 2.75) is 38.8 Å². The SMILES string of the molecule is Cc1ccc(N2CC(O)CCC2C)cn1. The minimum atomic E-state index is -0.192. The van der Waals surface area contributed by atoms with Crippen molar-refractivity contribution in [3.8, 4) is 0 Å². The van der Waals surface area contributed by atoms with Gasteiger partial charge in [0, 0.05) is 18.3 Å². The smallest absolute Gasteiger partial charge is 0.0716 e. The fraction of sp³-hybridized carbons (Fsp3) is 0.583. The van der Waals surface area contributed by atoms with Crippen LogP contribution in [0.4, 0.5) is 5.69 Å². The minimum Gasteiger partial charge on any atom is -0.391 e. The Bertz CT molecular complexity index is 323. The maximum atomic E-state index is 9.65. The van der Waals surface area contributed by atoms with Gasteiger partial charge in [-0.15, -0.1) is 0 Å². The number of rotatable bonds is 1. The molecule has 0 bridgehead atoms. The first kappa shape index (κ1) is 10.4. The monoisotopic (exact) mass is 206 g/mol. The normalized spacial score (nSPS) is 26.7. The molecule has 1 fully saturated rings. The highest BCUT2D eigenvalue weighted by atomic mass is 16.3. The van der Waals surface area contributed by atoms with Gasteiger partial charge in [0.2, 0.25) is 0 Å². The van der Waals surface area contributed by atoms with Gasteiger partial charge in [0.25, 0.3) is 0 Å². The van der Waals surface area contributed by atoms with Crippen LogP contribution in [0.2, 0.25) is 0 Å². The lowest BCUT2D eigenvalue weighted by molar-refractivity contribution is 0.144. The number of hydrogen-bond acceptors (Lipinski definition) is 3. The molecule has 1 N–H and O–H groups in total. The van der Waals surface area contributed by atoms with Crippen LogP contribution < -0.4 is 4.90 Å². The average Bonchev–Trinajstić information content (AvgIpc) is 2.23. The van der Waals surface area contributed by atoms with Gasteiger partial charge in [0.05, 0.1) is 18.0 Å². The first-order valence-corrected chi connectivity index (χ1v) is 5.54. The zero-order valence-corrected chi connectivity index (χ0v) is 9.35. The molecule has 0 spiro atoms. The van der Waals surface area contributed by atoms with Crippen LogP contribution in [0, 0.1) is 6.92 Å². The molecule has 1 aliphatic rings. The first-order chi connectivity index (χ1) is 7.16. The van der Waals surface area contributed by atoms with Crippen LogP contribution >= 0.6 is 0 Å². The molecule has 0 aliphatic carbocycles. The number of aromatic nitrogens is 1. The number of aryl methyl sites for hydroxylation is 1. The number of nitrogens with zero attached hydrogens (tertiary/aromatic N) is 2. The molecule has 82 valence electrons. The van der Waals surface area contributed by atoms with Crippen LogP contribution in [0.5, 0.6) is 0 Å². The third kappa shape index (κ3) is 2.29. The number of piperidine rings is 1. The molecule has 0 amide bonds. The van der Waals surface area contributed by atoms with Crippen molar-refractivity contribution in [3.05, 3.63) is 24.0 Å². The van der Waals surface area contributed by atoms with Gasteiger partial charge in [-0.1, -0.05) is 0 Å². The molecule has 0 aromatic carbocycles. The quantitative estimate of drug-likeness (QED) is 0.760. The second-order valence-electron chi connectivity index (χ2n) is 4.39. The van der Waals surface area contributed by atoms with Crippen LogP contribution in [-0.2, 0) is 0 Å². The molecular formula is C12H18N2O. The maximum Gasteiger partial charge on any atom is 0.0716 e. The van der Waals surface area contributed by atoms with E-state index < -0.39 is 0 Å². The van der Waals surface area contributed by atoms with Crippen LogP contribution in [-0.4, -0.2) is 28.8 Å². The number of pyridine rings is 1. The number of aliphatic hydroxyl groups excluding tert-OH is 1. The Kier molecular flexibility index (Phi) is 2.91. The summed E-state index contributed by atoms with van der Waals surface area (Å²) in [6, 6.07) is 4.60. The van der Waals surface area contributed by atoms with Crippen molar-refractivity contribution in [2.24, 2.45) is 0 Å². The Morgan fingerprint density at radius 1 is 1.40 bits per heavy atom. The third-order valence-electron chi connectivity index (χ3n) is 3.08. The molecule has 3 nitrogen and oxygen atoms in total. The van der Waals surface area contributed by atoms with E-state index in [1.807, 2.05) is 19.2 Å². The fourth-order valence-corrected chi connectivity index (χ4v) is 2.08. The predicted molar refractivity (Wildman–Crippen MR) is 61.0 cm³/mol. The van der Waals surface area contributed by atoms with E-state index in [1.165, 1.54) is 0 Å². The molecule has 2 rings (SSSR count). The Balaban J connectivity index is 2.17. The molecule has 2 atom stereocenters. The molecule has 15 heavy (non-hydrogen) atoms. The van der Waals surface area contributed by atoms with E-state index in [-0.39, 0.29) is 6.10 Å². The Morgan fingerprint density at radius 3 is 2.87 bits per heavy atom. The summed E-state index contributed by atoms with van der Waals surface area (Å²) in [6.07, 6.45) is 3.66. The van der Waals surface area contributed by atoms with Crippen molar-refractivity contribution in [2.75, 3.05) is 11.4 Å². The average molecular weight is 206 g/mol. The zero-order valence-electron chi connectivity index (χ0n) is 9.35. The topological polar surface area (TPSA) is 36.4 Å². The number of anilines is 1. The standard InChI is InChI=1S/C12H18N2O/c1-9-3-5-11(7-13-9)14-8-12(15)6-4-10(14)2/h3,5,7,10,12,15H,4,6,8H2,1-2H3. The summed E-state index contributed by atoms with van der Waals surface area (Å²) < 4.78 is 0. The molecule has 1 aromatic rings. The van der Waals surface area contributed by atoms with Gasteiger partial charge in [-0.2, -0.15) is 0 Å². The van der Waals surface area contributed by atoms with E-state index in [0.717, 1.165) is 30.8 Å². The second kappa shape index (κ2) is 4.19. The van der Waals surface area contributed by atoms with Gasteiger partial charge in [-0.25, -0.2) is 0 Å². The molecule has 3 heteroatoms. The Hall–Kier alpha value is -1.09. The van der Waals surface area contributed by atoms with Crippen LogP contribution in [0.15, 0.2) is 18.3 Å². The van der Waals surface area contributed by atoms with Crippen molar-refractivity contribution < 1.29 is 5.11 Å². The zero-order chi connectivity index (χ0) is 10.8. The van der Waals surface area contributed by atoms with E-state index in [2.05, 4.69) is 22.9 Å². The summed E-state index contributed by atoms with van der Waals surface area (Å²) in [4.78, 5) is 6.53. The van der Waals surface area contributed by atoms with Gasteiger partial charge in [0.1, 0.15) is 0 Å². The summed E-state index contributed by atoms with van der Waals surface area (Å²) in [5.41, 5.74) is 2.15. The molecule has 1 aromatic heterocycles. The van der Waals surface area contributed by atoms with Gasteiger partial charge < -0.3 is 10.0 Å². The van der Waals surface area contributed by atoms with E-state index >= 15 is 0 Å². The summed E-state index contributed by atoms with van der Waals surface area (Å²) in [5, 5.41) is 9.65. The van der Waals surface area contributed by atoms with E-state index in [4.69, 9.17) is 0 Å². The lowest BCUT2D eigenvalue weighted by Crippen LogP contribution is -2.44. The second-order valence-corrected chi connectivity index (χ2v) is 4.39. The predicted octanol–water partition coefficient (Wildman–Crippen LogP) is 1.74. The molecule has 0 saturated carbocycles. The lowest BCUT2D eigenvalue weighted by atomic mass is 10.0. The molecule has 2 heterocycles. The van der Waals surface area contributed by atoms with Gasteiger partial charge >= 0.3 is 0 Å².